The summed E-state index contributed by atoms with van der Waals surface area (Å²) >= 11 is 0. The summed E-state index contributed by atoms with van der Waals surface area (Å²) in [5.74, 6) is 0.377. The normalized spacial score (nSPS) is 14.5. The Morgan fingerprint density at radius 3 is 2.87 bits per heavy atom. The van der Waals surface area contributed by atoms with Crippen LogP contribution in [0.1, 0.15) is 36.7 Å². The van der Waals surface area contributed by atoms with Gasteiger partial charge >= 0.3 is 6.09 Å². The monoisotopic (exact) mass is 209 g/mol. The zero-order chi connectivity index (χ0) is 11.0. The summed E-state index contributed by atoms with van der Waals surface area (Å²) in [5, 5.41) is 7.23. The molecule has 0 fully saturated rings. The van der Waals surface area contributed by atoms with Gasteiger partial charge in [-0.05, 0) is 5.92 Å². The first-order chi connectivity index (χ1) is 7.13. The fraction of sp³-hybridized carbons (Fsp3) is 0.600. The second kappa shape index (κ2) is 3.56. The number of ether oxygens (including phenoxy) is 1. The number of carbonyl (C=O) groups is 1. The molecular weight excluding hydrogens is 194 g/mol. The van der Waals surface area contributed by atoms with Gasteiger partial charge in [0.2, 0.25) is 0 Å². The maximum atomic E-state index is 11.3. The maximum absolute atomic E-state index is 11.3. The van der Waals surface area contributed by atoms with E-state index in [0.29, 0.717) is 19.0 Å². The number of fused-ring (bicyclic) bond motifs is 1. The Hall–Kier alpha value is -1.52. The van der Waals surface area contributed by atoms with Crippen molar-refractivity contribution < 1.29 is 9.53 Å². The van der Waals surface area contributed by atoms with Gasteiger partial charge in [0.25, 0.3) is 0 Å². The third-order valence-electron chi connectivity index (χ3n) is 2.66. The first-order valence-electron chi connectivity index (χ1n) is 5.02. The summed E-state index contributed by atoms with van der Waals surface area (Å²) in [6.07, 6.45) is -0.283. The number of hydrogen-bond acceptors (Lipinski definition) is 3. The third kappa shape index (κ3) is 1.58. The van der Waals surface area contributed by atoms with Crippen molar-refractivity contribution in [3.8, 4) is 0 Å². The number of rotatable bonds is 1. The molecule has 0 unspecified atom stereocenters. The number of aromatic nitrogens is 2. The molecule has 0 bridgehead atoms. The molecule has 2 heterocycles. The number of aromatic amines is 1. The van der Waals surface area contributed by atoms with Crippen LogP contribution in [0.15, 0.2) is 0 Å². The fourth-order valence-electron chi connectivity index (χ4n) is 1.90. The van der Waals surface area contributed by atoms with E-state index in [1.165, 1.54) is 7.11 Å². The fourth-order valence-corrected chi connectivity index (χ4v) is 1.90. The molecule has 0 aromatic carbocycles. The van der Waals surface area contributed by atoms with Gasteiger partial charge < -0.3 is 4.74 Å². The lowest BCUT2D eigenvalue weighted by atomic mass is 10.1. The van der Waals surface area contributed by atoms with E-state index in [1.807, 2.05) is 0 Å². The molecule has 1 aliphatic heterocycles. The lowest BCUT2D eigenvalue weighted by molar-refractivity contribution is 0.122. The number of hydrogen-bond donors (Lipinski definition) is 1. The third-order valence-corrected chi connectivity index (χ3v) is 2.66. The van der Waals surface area contributed by atoms with Gasteiger partial charge in [0.05, 0.1) is 31.6 Å². The predicted molar refractivity (Wildman–Crippen MR) is 54.3 cm³/mol. The summed E-state index contributed by atoms with van der Waals surface area (Å²) in [6.45, 7) is 5.36. The highest BCUT2D eigenvalue weighted by Crippen LogP contribution is 2.28. The molecule has 1 amide bonds. The number of H-pyrrole nitrogens is 1. The smallest absolute Gasteiger partial charge is 0.410 e. The van der Waals surface area contributed by atoms with Crippen LogP contribution >= 0.6 is 0 Å². The lowest BCUT2D eigenvalue weighted by Gasteiger charge is -2.13. The van der Waals surface area contributed by atoms with Crippen LogP contribution in [0.3, 0.4) is 0 Å². The van der Waals surface area contributed by atoms with E-state index in [9.17, 15) is 4.79 Å². The van der Waals surface area contributed by atoms with Crippen molar-refractivity contribution in [2.24, 2.45) is 0 Å². The molecule has 1 aliphatic rings. The minimum atomic E-state index is -0.283. The van der Waals surface area contributed by atoms with E-state index in [4.69, 9.17) is 0 Å². The van der Waals surface area contributed by atoms with Crippen molar-refractivity contribution in [3.05, 3.63) is 17.0 Å². The summed E-state index contributed by atoms with van der Waals surface area (Å²) in [4.78, 5) is 13.0. The maximum Gasteiger partial charge on any atom is 0.410 e. The highest BCUT2D eigenvalue weighted by atomic mass is 16.5. The van der Waals surface area contributed by atoms with Crippen molar-refractivity contribution in [1.29, 1.82) is 0 Å². The van der Waals surface area contributed by atoms with E-state index < -0.39 is 0 Å². The van der Waals surface area contributed by atoms with Crippen LogP contribution in [0, 0.1) is 0 Å². The van der Waals surface area contributed by atoms with Gasteiger partial charge in [-0.2, -0.15) is 5.10 Å². The van der Waals surface area contributed by atoms with Gasteiger partial charge in [0.1, 0.15) is 0 Å². The molecule has 1 N–H and O–H groups in total. The van der Waals surface area contributed by atoms with Crippen LogP contribution in [-0.2, 0) is 17.8 Å². The van der Waals surface area contributed by atoms with Crippen LogP contribution in [0.5, 0.6) is 0 Å². The zero-order valence-electron chi connectivity index (χ0n) is 9.20. The highest BCUT2D eigenvalue weighted by molar-refractivity contribution is 5.68. The summed E-state index contributed by atoms with van der Waals surface area (Å²) in [7, 11) is 1.40. The minimum Gasteiger partial charge on any atom is -0.453 e. The Morgan fingerprint density at radius 1 is 1.53 bits per heavy atom. The van der Waals surface area contributed by atoms with E-state index in [-0.39, 0.29) is 6.09 Å². The molecule has 1 aromatic heterocycles. The molecule has 0 radical (unpaired) electrons. The van der Waals surface area contributed by atoms with E-state index in [2.05, 4.69) is 28.8 Å². The topological polar surface area (TPSA) is 58.2 Å². The Balaban J connectivity index is 2.21. The largest absolute Gasteiger partial charge is 0.453 e. The molecule has 2 rings (SSSR count). The van der Waals surface area contributed by atoms with Gasteiger partial charge in [0, 0.05) is 5.56 Å². The Labute approximate surface area is 88.4 Å². The number of nitrogens with zero attached hydrogens (tertiary/aromatic N) is 2. The molecule has 82 valence electrons. The summed E-state index contributed by atoms with van der Waals surface area (Å²) in [6, 6.07) is 0. The molecule has 5 nitrogen and oxygen atoms in total. The van der Waals surface area contributed by atoms with Crippen molar-refractivity contribution in [2.45, 2.75) is 32.9 Å². The lowest BCUT2D eigenvalue weighted by Crippen LogP contribution is -2.25. The molecule has 0 aliphatic carbocycles. The average molecular weight is 209 g/mol. The molecule has 0 atom stereocenters. The second-order valence-corrected chi connectivity index (χ2v) is 4.05. The van der Waals surface area contributed by atoms with Crippen molar-refractivity contribution in [1.82, 2.24) is 15.1 Å². The number of amides is 1. The van der Waals surface area contributed by atoms with E-state index >= 15 is 0 Å². The van der Waals surface area contributed by atoms with E-state index in [0.717, 1.165) is 17.0 Å². The number of carbonyl (C=O) groups excluding carboxylic acids is 1. The number of nitrogens with one attached hydrogen (secondary N) is 1. The zero-order valence-corrected chi connectivity index (χ0v) is 9.20. The molecule has 5 heteroatoms. The molecule has 0 saturated heterocycles. The average Bonchev–Trinajstić information content (AvgIpc) is 2.73. The summed E-state index contributed by atoms with van der Waals surface area (Å²) in [5.41, 5.74) is 3.23. The highest BCUT2D eigenvalue weighted by Gasteiger charge is 2.29. The first kappa shape index (κ1) is 10.0. The minimum absolute atomic E-state index is 0.283. The number of methoxy groups -OCH3 is 1. The molecular formula is C10H15N3O2. The SMILES string of the molecule is COC(=O)N1Cc2[nH]nc(C(C)C)c2C1. The molecule has 15 heavy (non-hydrogen) atoms. The standard InChI is InChI=1S/C10H15N3O2/c1-6(2)9-7-4-13(10(14)15-3)5-8(7)11-12-9/h6H,4-5H2,1-3H3,(H,11,12). The van der Waals surface area contributed by atoms with Crippen LogP contribution < -0.4 is 0 Å². The Kier molecular flexibility index (Phi) is 2.38. The Morgan fingerprint density at radius 2 is 2.27 bits per heavy atom. The predicted octanol–water partition coefficient (Wildman–Crippen LogP) is 1.62. The van der Waals surface area contributed by atoms with Crippen LogP contribution in [0.4, 0.5) is 4.79 Å². The molecule has 1 aromatic rings. The van der Waals surface area contributed by atoms with Crippen LogP contribution in [-0.4, -0.2) is 28.3 Å². The molecule has 0 spiro atoms. The van der Waals surface area contributed by atoms with Gasteiger partial charge in [0.15, 0.2) is 0 Å². The van der Waals surface area contributed by atoms with Gasteiger partial charge in [-0.15, -0.1) is 0 Å². The van der Waals surface area contributed by atoms with Gasteiger partial charge in [-0.1, -0.05) is 13.8 Å². The Bertz CT molecular complexity index is 384. The van der Waals surface area contributed by atoms with Crippen molar-refractivity contribution in [2.75, 3.05) is 7.11 Å². The van der Waals surface area contributed by atoms with E-state index in [1.54, 1.807) is 4.90 Å². The quantitative estimate of drug-likeness (QED) is 0.764. The second-order valence-electron chi connectivity index (χ2n) is 4.05. The molecule has 0 saturated carbocycles. The van der Waals surface area contributed by atoms with Crippen LogP contribution in [0.25, 0.3) is 0 Å². The van der Waals surface area contributed by atoms with Crippen LogP contribution in [0.2, 0.25) is 0 Å². The van der Waals surface area contributed by atoms with Crippen molar-refractivity contribution in [3.63, 3.8) is 0 Å². The van der Waals surface area contributed by atoms with Gasteiger partial charge in [-0.3, -0.25) is 10.00 Å². The summed E-state index contributed by atoms with van der Waals surface area (Å²) < 4.78 is 4.69. The van der Waals surface area contributed by atoms with Gasteiger partial charge in [-0.25, -0.2) is 4.79 Å². The van der Waals surface area contributed by atoms with Crippen molar-refractivity contribution >= 4 is 6.09 Å². The first-order valence-corrected chi connectivity index (χ1v) is 5.02.